The molecular formula is C20H24ClF3N2O4S2. The summed E-state index contributed by atoms with van der Waals surface area (Å²) in [7, 11) is -0.176. The van der Waals surface area contributed by atoms with Crippen LogP contribution in [-0.4, -0.2) is 51.1 Å². The molecule has 0 aliphatic rings. The first-order chi connectivity index (χ1) is 14.7. The van der Waals surface area contributed by atoms with E-state index in [2.05, 4.69) is 5.32 Å². The highest BCUT2D eigenvalue weighted by Gasteiger charge is 2.55. The van der Waals surface area contributed by atoms with Gasteiger partial charge in [-0.05, 0) is 69.2 Å². The first kappa shape index (κ1) is 28.2. The summed E-state index contributed by atoms with van der Waals surface area (Å²) >= 11 is 7.50. The quantitative estimate of drug-likeness (QED) is 0.497. The van der Waals surface area contributed by atoms with Crippen molar-refractivity contribution in [3.8, 4) is 0 Å². The van der Waals surface area contributed by atoms with E-state index in [0.717, 1.165) is 28.8 Å². The second kappa shape index (κ2) is 11.4. The lowest BCUT2D eigenvalue weighted by Gasteiger charge is -2.25. The van der Waals surface area contributed by atoms with Gasteiger partial charge in [-0.25, -0.2) is 8.42 Å². The Labute approximate surface area is 194 Å². The Morgan fingerprint density at radius 1 is 1.09 bits per heavy atom. The zero-order valence-electron chi connectivity index (χ0n) is 17.7. The predicted molar refractivity (Wildman–Crippen MR) is 120 cm³/mol. The van der Waals surface area contributed by atoms with Crippen molar-refractivity contribution in [2.75, 3.05) is 25.2 Å². The Morgan fingerprint density at radius 2 is 1.59 bits per heavy atom. The van der Waals surface area contributed by atoms with Gasteiger partial charge in [-0.1, -0.05) is 18.5 Å². The van der Waals surface area contributed by atoms with Gasteiger partial charge in [0.25, 0.3) is 5.91 Å². The predicted octanol–water partition coefficient (Wildman–Crippen LogP) is 4.37. The van der Waals surface area contributed by atoms with Crippen molar-refractivity contribution in [2.45, 2.75) is 40.3 Å². The summed E-state index contributed by atoms with van der Waals surface area (Å²) in [6.45, 7) is 2.27. The maximum atomic E-state index is 12.7. The minimum absolute atomic E-state index is 0.0193. The van der Waals surface area contributed by atoms with Gasteiger partial charge >= 0.3 is 6.18 Å². The van der Waals surface area contributed by atoms with Crippen LogP contribution in [0.1, 0.15) is 13.8 Å². The van der Waals surface area contributed by atoms with Crippen LogP contribution in [0.3, 0.4) is 0 Å². The number of hydrogen-bond acceptors (Lipinski definition) is 6. The van der Waals surface area contributed by atoms with Crippen molar-refractivity contribution in [3.05, 3.63) is 47.5 Å². The number of thioether (sulfide) groups is 1. The van der Waals surface area contributed by atoms with Crippen molar-refractivity contribution >= 4 is 44.8 Å². The minimum Gasteiger partial charge on any atom is -0.373 e. The molecule has 2 rings (SSSR count). The summed E-state index contributed by atoms with van der Waals surface area (Å²) in [5.74, 6) is -0.914. The average molecular weight is 513 g/mol. The number of amides is 1. The zero-order valence-corrected chi connectivity index (χ0v) is 20.1. The van der Waals surface area contributed by atoms with Crippen molar-refractivity contribution in [2.24, 2.45) is 0 Å². The number of carbonyl (C=O) groups is 1. The second-order valence-electron chi connectivity index (χ2n) is 6.57. The molecule has 6 nitrogen and oxygen atoms in total. The fraction of sp³-hybridized carbons (Fsp3) is 0.350. The van der Waals surface area contributed by atoms with E-state index >= 15 is 0 Å². The van der Waals surface area contributed by atoms with Gasteiger partial charge in [0.2, 0.25) is 15.4 Å². The fourth-order valence-corrected chi connectivity index (χ4v) is 4.40. The molecule has 0 aliphatic carbocycles. The van der Waals surface area contributed by atoms with Gasteiger partial charge in [0, 0.05) is 4.90 Å². The number of rotatable bonds is 6. The van der Waals surface area contributed by atoms with Crippen LogP contribution >= 0.6 is 23.4 Å². The summed E-state index contributed by atoms with van der Waals surface area (Å²) in [5.41, 5.74) is -3.91. The van der Waals surface area contributed by atoms with Gasteiger partial charge in [-0.3, -0.25) is 4.79 Å². The standard InChI is InChI=1S/C18H17ClF3NO4S2.C2H7N/c1-3-28-11-4-6-12(7-5-11)29(26,27)13-8-9-15(14(19)10-13)23-16(24)17(2,25)18(20,21)22;1-3-2/h4-10,25H,3H2,1-2H3,(H,23,24);3H,1-2H3. The van der Waals surface area contributed by atoms with Gasteiger partial charge in [0.05, 0.1) is 20.5 Å². The van der Waals surface area contributed by atoms with Crippen LogP contribution < -0.4 is 10.6 Å². The number of sulfone groups is 1. The van der Waals surface area contributed by atoms with E-state index in [1.54, 1.807) is 23.9 Å². The molecule has 2 aromatic carbocycles. The van der Waals surface area contributed by atoms with Crippen LogP contribution in [0.2, 0.25) is 5.02 Å². The molecule has 178 valence electrons. The van der Waals surface area contributed by atoms with Gasteiger partial charge in [0.15, 0.2) is 0 Å². The van der Waals surface area contributed by atoms with E-state index in [4.69, 9.17) is 11.6 Å². The van der Waals surface area contributed by atoms with Crippen molar-refractivity contribution in [1.82, 2.24) is 5.32 Å². The van der Waals surface area contributed by atoms with E-state index in [1.807, 2.05) is 26.3 Å². The molecule has 32 heavy (non-hydrogen) atoms. The van der Waals surface area contributed by atoms with Crippen LogP contribution in [0.4, 0.5) is 18.9 Å². The Hall–Kier alpha value is -1.79. The largest absolute Gasteiger partial charge is 0.426 e. The molecule has 0 spiro atoms. The SMILES string of the molecule is CCSc1ccc(S(=O)(=O)c2ccc(NC(=O)C(C)(O)C(F)(F)F)c(Cl)c2)cc1.CNC. The van der Waals surface area contributed by atoms with Crippen LogP contribution in [0.15, 0.2) is 57.2 Å². The van der Waals surface area contributed by atoms with E-state index < -0.39 is 27.5 Å². The summed E-state index contributed by atoms with van der Waals surface area (Å²) in [6, 6.07) is 9.39. The third-order valence-corrected chi connectivity index (χ3v) is 6.91. The average Bonchev–Trinajstić information content (AvgIpc) is 2.69. The Morgan fingerprint density at radius 3 is 2.03 bits per heavy atom. The van der Waals surface area contributed by atoms with Gasteiger partial charge in [-0.15, -0.1) is 11.8 Å². The molecule has 2 aromatic rings. The van der Waals surface area contributed by atoms with Crippen LogP contribution in [0.5, 0.6) is 0 Å². The topological polar surface area (TPSA) is 95.5 Å². The Kier molecular flexibility index (Phi) is 10.0. The molecule has 3 N–H and O–H groups in total. The monoisotopic (exact) mass is 512 g/mol. The molecule has 0 heterocycles. The molecule has 1 atom stereocenters. The molecule has 1 amide bonds. The van der Waals surface area contributed by atoms with Gasteiger partial charge in [0.1, 0.15) is 0 Å². The van der Waals surface area contributed by atoms with E-state index in [1.165, 1.54) is 12.1 Å². The number of hydrogen-bond donors (Lipinski definition) is 3. The number of carbonyl (C=O) groups excluding carboxylic acids is 1. The molecule has 1 unspecified atom stereocenters. The Bertz CT molecular complexity index is 1030. The lowest BCUT2D eigenvalue weighted by atomic mass is 10.1. The van der Waals surface area contributed by atoms with Gasteiger partial charge < -0.3 is 15.7 Å². The zero-order chi connectivity index (χ0) is 24.7. The molecule has 0 bridgehead atoms. The normalized spacial score (nSPS) is 13.5. The molecular weight excluding hydrogens is 489 g/mol. The van der Waals surface area contributed by atoms with E-state index in [0.29, 0.717) is 6.92 Å². The molecule has 0 saturated carbocycles. The summed E-state index contributed by atoms with van der Waals surface area (Å²) in [5, 5.41) is 13.7. The molecule has 0 aromatic heterocycles. The highest BCUT2D eigenvalue weighted by Crippen LogP contribution is 2.33. The maximum absolute atomic E-state index is 12.7. The number of alkyl halides is 3. The number of halogens is 4. The number of benzene rings is 2. The van der Waals surface area contributed by atoms with E-state index in [-0.39, 0.29) is 20.5 Å². The van der Waals surface area contributed by atoms with Gasteiger partial charge in [-0.2, -0.15) is 13.2 Å². The molecule has 0 aliphatic heterocycles. The molecule has 0 fully saturated rings. The second-order valence-corrected chi connectivity index (χ2v) is 10.3. The summed E-state index contributed by atoms with van der Waals surface area (Å²) in [4.78, 5) is 12.5. The first-order valence-electron chi connectivity index (χ1n) is 9.18. The smallest absolute Gasteiger partial charge is 0.373 e. The molecule has 0 radical (unpaired) electrons. The number of aliphatic hydroxyl groups is 1. The third kappa shape index (κ3) is 6.85. The van der Waals surface area contributed by atoms with Crippen molar-refractivity contribution in [1.29, 1.82) is 0 Å². The number of nitrogens with one attached hydrogen (secondary N) is 2. The molecule has 12 heteroatoms. The fourth-order valence-electron chi connectivity index (χ4n) is 2.15. The highest BCUT2D eigenvalue weighted by molar-refractivity contribution is 7.99. The van der Waals surface area contributed by atoms with Crippen LogP contribution in [0.25, 0.3) is 0 Å². The minimum atomic E-state index is -5.20. The first-order valence-corrected chi connectivity index (χ1v) is 12.0. The lowest BCUT2D eigenvalue weighted by molar-refractivity contribution is -0.242. The summed E-state index contributed by atoms with van der Waals surface area (Å²) < 4.78 is 63.7. The molecule has 0 saturated heterocycles. The van der Waals surface area contributed by atoms with E-state index in [9.17, 15) is 31.5 Å². The van der Waals surface area contributed by atoms with Crippen LogP contribution in [-0.2, 0) is 14.6 Å². The maximum Gasteiger partial charge on any atom is 0.426 e. The van der Waals surface area contributed by atoms with Crippen LogP contribution in [0, 0.1) is 0 Å². The Balaban J connectivity index is 0.00000161. The van der Waals surface area contributed by atoms with Crippen molar-refractivity contribution < 1.29 is 31.5 Å². The third-order valence-electron chi connectivity index (χ3n) is 3.94. The number of anilines is 1. The summed E-state index contributed by atoms with van der Waals surface area (Å²) in [6.07, 6.45) is -5.20. The lowest BCUT2D eigenvalue weighted by Crippen LogP contribution is -2.52. The highest BCUT2D eigenvalue weighted by atomic mass is 35.5. The van der Waals surface area contributed by atoms with Crippen molar-refractivity contribution in [3.63, 3.8) is 0 Å².